The molecule has 6 aromatic rings. The molecule has 0 aliphatic heterocycles. The van der Waals surface area contributed by atoms with Crippen LogP contribution in [-0.4, -0.2) is 15.3 Å². The number of hydrogen-bond acceptors (Lipinski definition) is 4. The lowest BCUT2D eigenvalue weighted by molar-refractivity contribution is 0.442. The summed E-state index contributed by atoms with van der Waals surface area (Å²) in [5, 5.41) is 0.125. The molecule has 2 aromatic heterocycles. The smallest absolute Gasteiger partial charge is 0.189 e. The van der Waals surface area contributed by atoms with E-state index in [1.807, 2.05) is 60.7 Å². The molecule has 6 rings (SSSR count). The zero-order valence-corrected chi connectivity index (χ0v) is 23.2. The second-order valence-corrected chi connectivity index (χ2v) is 9.87. The van der Waals surface area contributed by atoms with Gasteiger partial charge in [0, 0.05) is 59.2 Å². The molecule has 0 saturated heterocycles. The molecule has 0 N–H and O–H groups in total. The van der Waals surface area contributed by atoms with Crippen LogP contribution in [-0.2, 0) is 0 Å². The SMILES string of the molecule is O=c1ccn(-c2ccc(Oc3ccnc(N=C(c4ccccc4)c4ccccc4)c3Cl)c(F)c2)cc1-c1ccc(F)cc1. The maximum absolute atomic E-state index is 15.3. The highest BCUT2D eigenvalue weighted by Crippen LogP contribution is 2.37. The zero-order chi connectivity index (χ0) is 29.8. The molecule has 43 heavy (non-hydrogen) atoms. The van der Waals surface area contributed by atoms with Crippen LogP contribution in [0.15, 0.2) is 144 Å². The number of benzene rings is 4. The average molecular weight is 590 g/mol. The summed E-state index contributed by atoms with van der Waals surface area (Å²) in [6, 6.07) is 32.2. The first-order chi connectivity index (χ1) is 21.0. The second-order valence-electron chi connectivity index (χ2n) is 9.49. The molecular weight excluding hydrogens is 568 g/mol. The van der Waals surface area contributed by atoms with Crippen LogP contribution >= 0.6 is 11.6 Å². The summed E-state index contributed by atoms with van der Waals surface area (Å²) in [4.78, 5) is 21.6. The van der Waals surface area contributed by atoms with Gasteiger partial charge in [0.25, 0.3) is 0 Å². The van der Waals surface area contributed by atoms with Crippen LogP contribution in [0.4, 0.5) is 14.6 Å². The maximum Gasteiger partial charge on any atom is 0.189 e. The van der Waals surface area contributed by atoms with Crippen molar-refractivity contribution >= 4 is 23.1 Å². The summed E-state index contributed by atoms with van der Waals surface area (Å²) in [5.41, 5.74) is 3.55. The van der Waals surface area contributed by atoms with E-state index in [2.05, 4.69) is 4.98 Å². The molecule has 210 valence electrons. The molecule has 0 radical (unpaired) electrons. The molecule has 2 heterocycles. The van der Waals surface area contributed by atoms with Crippen molar-refractivity contribution in [2.45, 2.75) is 0 Å². The van der Waals surface area contributed by atoms with Gasteiger partial charge in [-0.05, 0) is 29.8 Å². The van der Waals surface area contributed by atoms with Crippen LogP contribution < -0.4 is 10.2 Å². The van der Waals surface area contributed by atoms with Gasteiger partial charge in [0.2, 0.25) is 0 Å². The first-order valence-electron chi connectivity index (χ1n) is 13.3. The third-order valence-electron chi connectivity index (χ3n) is 6.66. The highest BCUT2D eigenvalue weighted by atomic mass is 35.5. The number of hydrogen-bond donors (Lipinski definition) is 0. The van der Waals surface area contributed by atoms with E-state index < -0.39 is 11.6 Å². The molecular formula is C35H22ClF2N3O2. The van der Waals surface area contributed by atoms with Crippen molar-refractivity contribution in [2.75, 3.05) is 0 Å². The van der Waals surface area contributed by atoms with Gasteiger partial charge >= 0.3 is 0 Å². The van der Waals surface area contributed by atoms with E-state index in [1.165, 1.54) is 60.9 Å². The van der Waals surface area contributed by atoms with E-state index in [0.29, 0.717) is 22.5 Å². The van der Waals surface area contributed by atoms with Gasteiger partial charge in [-0.2, -0.15) is 0 Å². The van der Waals surface area contributed by atoms with Crippen LogP contribution in [0.2, 0.25) is 5.02 Å². The quantitative estimate of drug-likeness (QED) is 0.175. The summed E-state index contributed by atoms with van der Waals surface area (Å²) >= 11 is 6.68. The molecule has 4 aromatic carbocycles. The molecule has 0 amide bonds. The maximum atomic E-state index is 15.3. The van der Waals surface area contributed by atoms with Crippen LogP contribution in [0.25, 0.3) is 16.8 Å². The minimum absolute atomic E-state index is 0.0575. The molecule has 8 heteroatoms. The Bertz CT molecular complexity index is 1950. The Morgan fingerprint density at radius 1 is 0.791 bits per heavy atom. The fourth-order valence-electron chi connectivity index (χ4n) is 4.51. The van der Waals surface area contributed by atoms with Crippen molar-refractivity contribution in [1.82, 2.24) is 9.55 Å². The molecule has 0 spiro atoms. The fraction of sp³-hybridized carbons (Fsp3) is 0. The van der Waals surface area contributed by atoms with Gasteiger partial charge in [0.15, 0.2) is 28.6 Å². The Hall–Kier alpha value is -5.40. The third-order valence-corrected chi connectivity index (χ3v) is 7.01. The first kappa shape index (κ1) is 27.8. The highest BCUT2D eigenvalue weighted by molar-refractivity contribution is 6.34. The molecule has 0 fully saturated rings. The van der Waals surface area contributed by atoms with E-state index in [1.54, 1.807) is 16.8 Å². The minimum Gasteiger partial charge on any atom is -0.453 e. The number of ether oxygens (including phenoxy) is 1. The van der Waals surface area contributed by atoms with Gasteiger partial charge in [-0.25, -0.2) is 18.8 Å². The van der Waals surface area contributed by atoms with Gasteiger partial charge in [-0.15, -0.1) is 0 Å². The lowest BCUT2D eigenvalue weighted by Gasteiger charge is -2.13. The Morgan fingerprint density at radius 3 is 2.12 bits per heavy atom. The predicted octanol–water partition coefficient (Wildman–Crippen LogP) is 8.79. The van der Waals surface area contributed by atoms with Gasteiger partial charge in [0.05, 0.1) is 5.71 Å². The van der Waals surface area contributed by atoms with E-state index in [-0.39, 0.29) is 27.8 Å². The largest absolute Gasteiger partial charge is 0.453 e. The normalized spacial score (nSPS) is 10.8. The number of aromatic nitrogens is 2. The topological polar surface area (TPSA) is 56.5 Å². The molecule has 0 atom stereocenters. The lowest BCUT2D eigenvalue weighted by Crippen LogP contribution is -2.08. The van der Waals surface area contributed by atoms with Gasteiger partial charge in [-0.1, -0.05) is 84.4 Å². The second kappa shape index (κ2) is 12.2. The molecule has 0 unspecified atom stereocenters. The van der Waals surface area contributed by atoms with Gasteiger partial charge in [-0.3, -0.25) is 4.79 Å². The van der Waals surface area contributed by atoms with Crippen molar-refractivity contribution in [3.05, 3.63) is 172 Å². The Kier molecular flexibility index (Phi) is 7.89. The predicted molar refractivity (Wildman–Crippen MR) is 165 cm³/mol. The summed E-state index contributed by atoms with van der Waals surface area (Å²) in [7, 11) is 0. The van der Waals surface area contributed by atoms with Crippen molar-refractivity contribution < 1.29 is 13.5 Å². The average Bonchev–Trinajstić information content (AvgIpc) is 3.04. The van der Waals surface area contributed by atoms with Crippen molar-refractivity contribution in [2.24, 2.45) is 4.99 Å². The molecule has 0 bridgehead atoms. The zero-order valence-electron chi connectivity index (χ0n) is 22.5. The van der Waals surface area contributed by atoms with E-state index in [0.717, 1.165) is 11.1 Å². The van der Waals surface area contributed by atoms with Crippen LogP contribution in [0.1, 0.15) is 11.1 Å². The van der Waals surface area contributed by atoms with E-state index in [4.69, 9.17) is 21.3 Å². The van der Waals surface area contributed by atoms with Crippen molar-refractivity contribution in [3.8, 4) is 28.3 Å². The number of nitrogens with zero attached hydrogens (tertiary/aromatic N) is 3. The highest BCUT2D eigenvalue weighted by Gasteiger charge is 2.15. The monoisotopic (exact) mass is 589 g/mol. The summed E-state index contributed by atoms with van der Waals surface area (Å²) in [5.74, 6) is -0.701. The van der Waals surface area contributed by atoms with Crippen molar-refractivity contribution in [1.29, 1.82) is 0 Å². The van der Waals surface area contributed by atoms with Gasteiger partial charge in [0.1, 0.15) is 10.8 Å². The Morgan fingerprint density at radius 2 is 1.47 bits per heavy atom. The van der Waals surface area contributed by atoms with E-state index in [9.17, 15) is 9.18 Å². The van der Waals surface area contributed by atoms with E-state index >= 15 is 4.39 Å². The third kappa shape index (κ3) is 6.12. The summed E-state index contributed by atoms with van der Waals surface area (Å²) in [6.45, 7) is 0. The minimum atomic E-state index is -0.647. The van der Waals surface area contributed by atoms with Crippen LogP contribution in [0, 0.1) is 11.6 Å². The van der Waals surface area contributed by atoms with Gasteiger partial charge < -0.3 is 9.30 Å². The Balaban J connectivity index is 1.31. The molecule has 0 saturated carbocycles. The number of pyridine rings is 2. The number of rotatable bonds is 7. The molecule has 0 aliphatic rings. The standard InChI is InChI=1S/C35H22ClF2N3O2/c36-33-32(17-19-39-35(33)40-34(24-7-3-1-4-8-24)25-9-5-2-6-10-25)43-31-16-15-27(21-29(31)38)41-20-18-30(42)28(22-41)23-11-13-26(37)14-12-23/h1-22H. The van der Waals surface area contributed by atoms with Crippen molar-refractivity contribution in [3.63, 3.8) is 0 Å². The lowest BCUT2D eigenvalue weighted by atomic mass is 10.0. The van der Waals surface area contributed by atoms with Crippen LogP contribution in [0.3, 0.4) is 0 Å². The first-order valence-corrected chi connectivity index (χ1v) is 13.6. The molecule has 0 aliphatic carbocycles. The fourth-order valence-corrected chi connectivity index (χ4v) is 4.70. The summed E-state index contributed by atoms with van der Waals surface area (Å²) in [6.07, 6.45) is 4.61. The number of aliphatic imine (C=N–C) groups is 1. The Labute approximate surface area is 251 Å². The van der Waals surface area contributed by atoms with Crippen LogP contribution in [0.5, 0.6) is 11.5 Å². The summed E-state index contributed by atoms with van der Waals surface area (Å²) < 4.78 is 36.2. The number of halogens is 3. The molecule has 5 nitrogen and oxygen atoms in total.